The van der Waals surface area contributed by atoms with E-state index in [0.29, 0.717) is 23.5 Å². The Kier molecular flexibility index (Phi) is 8.25. The summed E-state index contributed by atoms with van der Waals surface area (Å²) in [6, 6.07) is 23.6. The van der Waals surface area contributed by atoms with E-state index in [-0.39, 0.29) is 24.3 Å². The third-order valence-corrected chi connectivity index (χ3v) is 5.30. The number of anilines is 4. The summed E-state index contributed by atoms with van der Waals surface area (Å²) in [6.07, 6.45) is 0. The van der Waals surface area contributed by atoms with E-state index in [0.717, 1.165) is 11.4 Å². The smallest absolute Gasteiger partial charge is 0.258 e. The van der Waals surface area contributed by atoms with Crippen LogP contribution in [0.5, 0.6) is 0 Å². The first-order valence-corrected chi connectivity index (χ1v) is 11.6. The van der Waals surface area contributed by atoms with Crippen LogP contribution in [-0.2, 0) is 9.59 Å². The second-order valence-corrected chi connectivity index (χ2v) is 9.15. The van der Waals surface area contributed by atoms with E-state index in [1.54, 1.807) is 53.4 Å². The monoisotopic (exact) mass is 472 g/mol. The standard InChI is InChI=1S/C28H32N4O3/c1-5-32(24-12-7-6-8-13-24)26(34)20-14-16-21(17-15-20)29-19-25(33)30-22-10-9-11-23(18-22)31-27(35)28(2,3)4/h6-18,29H,5,19H2,1-4H3,(H,30,33)(H,31,35). The Labute approximate surface area is 206 Å². The third-order valence-electron chi connectivity index (χ3n) is 5.30. The summed E-state index contributed by atoms with van der Waals surface area (Å²) >= 11 is 0. The summed E-state index contributed by atoms with van der Waals surface area (Å²) in [6.45, 7) is 8.07. The molecule has 3 rings (SSSR count). The van der Waals surface area contributed by atoms with Crippen LogP contribution in [0.4, 0.5) is 22.7 Å². The molecule has 0 fully saturated rings. The fraction of sp³-hybridized carbons (Fsp3) is 0.250. The summed E-state index contributed by atoms with van der Waals surface area (Å²) in [7, 11) is 0. The summed E-state index contributed by atoms with van der Waals surface area (Å²) in [5, 5.41) is 8.74. The maximum atomic E-state index is 12.9. The van der Waals surface area contributed by atoms with Crippen LogP contribution < -0.4 is 20.9 Å². The molecule has 0 radical (unpaired) electrons. The Bertz CT molecular complexity index is 1170. The first-order valence-electron chi connectivity index (χ1n) is 11.6. The van der Waals surface area contributed by atoms with Crippen molar-refractivity contribution >= 4 is 40.5 Å². The topological polar surface area (TPSA) is 90.5 Å². The predicted molar refractivity (Wildman–Crippen MR) is 142 cm³/mol. The van der Waals surface area contributed by atoms with Crippen LogP contribution in [0.3, 0.4) is 0 Å². The predicted octanol–water partition coefficient (Wildman–Crippen LogP) is 5.39. The first-order chi connectivity index (χ1) is 16.7. The van der Waals surface area contributed by atoms with E-state index in [4.69, 9.17) is 0 Å². The number of carbonyl (C=O) groups excluding carboxylic acids is 3. The van der Waals surface area contributed by atoms with E-state index in [1.807, 2.05) is 58.0 Å². The molecule has 0 bridgehead atoms. The van der Waals surface area contributed by atoms with Gasteiger partial charge in [-0.25, -0.2) is 0 Å². The average molecular weight is 473 g/mol. The van der Waals surface area contributed by atoms with E-state index < -0.39 is 5.41 Å². The highest BCUT2D eigenvalue weighted by molar-refractivity contribution is 6.06. The van der Waals surface area contributed by atoms with Gasteiger partial charge in [-0.3, -0.25) is 14.4 Å². The molecule has 3 aromatic rings. The van der Waals surface area contributed by atoms with Crippen molar-refractivity contribution in [1.82, 2.24) is 0 Å². The maximum Gasteiger partial charge on any atom is 0.258 e. The summed E-state index contributed by atoms with van der Waals surface area (Å²) in [4.78, 5) is 39.2. The largest absolute Gasteiger partial charge is 0.376 e. The van der Waals surface area contributed by atoms with Gasteiger partial charge in [0, 0.05) is 40.3 Å². The van der Waals surface area contributed by atoms with Crippen LogP contribution in [0, 0.1) is 5.41 Å². The van der Waals surface area contributed by atoms with Gasteiger partial charge >= 0.3 is 0 Å². The number of hydrogen-bond donors (Lipinski definition) is 3. The number of amides is 3. The average Bonchev–Trinajstić information content (AvgIpc) is 2.84. The van der Waals surface area contributed by atoms with Gasteiger partial charge in [0.15, 0.2) is 0 Å². The number of nitrogens with zero attached hydrogens (tertiary/aromatic N) is 1. The highest BCUT2D eigenvalue weighted by Gasteiger charge is 2.21. The van der Waals surface area contributed by atoms with Crippen LogP contribution in [0.1, 0.15) is 38.1 Å². The van der Waals surface area contributed by atoms with E-state index in [2.05, 4.69) is 16.0 Å². The highest BCUT2D eigenvalue weighted by Crippen LogP contribution is 2.21. The summed E-state index contributed by atoms with van der Waals surface area (Å²) in [5.41, 5.74) is 2.84. The number of nitrogens with one attached hydrogen (secondary N) is 3. The van der Waals surface area contributed by atoms with Crippen LogP contribution in [0.2, 0.25) is 0 Å². The molecular formula is C28H32N4O3. The van der Waals surface area contributed by atoms with Crippen LogP contribution in [0.25, 0.3) is 0 Å². The van der Waals surface area contributed by atoms with Gasteiger partial charge in [-0.15, -0.1) is 0 Å². The van der Waals surface area contributed by atoms with Gasteiger partial charge in [-0.05, 0) is 61.5 Å². The highest BCUT2D eigenvalue weighted by atomic mass is 16.2. The maximum absolute atomic E-state index is 12.9. The Morgan fingerprint density at radius 1 is 0.771 bits per heavy atom. The summed E-state index contributed by atoms with van der Waals surface area (Å²) in [5.74, 6) is -0.414. The van der Waals surface area contributed by atoms with Gasteiger partial charge in [0.2, 0.25) is 11.8 Å². The molecule has 0 saturated heterocycles. The normalized spacial score (nSPS) is 10.9. The second kappa shape index (κ2) is 11.3. The zero-order chi connectivity index (χ0) is 25.4. The molecule has 0 spiro atoms. The van der Waals surface area contributed by atoms with Crippen molar-refractivity contribution in [3.63, 3.8) is 0 Å². The minimum atomic E-state index is -0.514. The second-order valence-electron chi connectivity index (χ2n) is 9.15. The minimum absolute atomic E-state index is 0.0526. The summed E-state index contributed by atoms with van der Waals surface area (Å²) < 4.78 is 0. The van der Waals surface area contributed by atoms with Crippen molar-refractivity contribution in [1.29, 1.82) is 0 Å². The van der Waals surface area contributed by atoms with E-state index >= 15 is 0 Å². The van der Waals surface area contributed by atoms with Crippen molar-refractivity contribution in [3.8, 4) is 0 Å². The van der Waals surface area contributed by atoms with Crippen molar-refractivity contribution in [2.24, 2.45) is 5.41 Å². The molecular weight excluding hydrogens is 440 g/mol. The molecule has 0 unspecified atom stereocenters. The first kappa shape index (κ1) is 25.5. The molecule has 182 valence electrons. The molecule has 7 nitrogen and oxygen atoms in total. The molecule has 0 aliphatic heterocycles. The zero-order valence-corrected chi connectivity index (χ0v) is 20.6. The third kappa shape index (κ3) is 7.17. The number of benzene rings is 3. The van der Waals surface area contributed by atoms with Gasteiger partial charge < -0.3 is 20.9 Å². The van der Waals surface area contributed by atoms with Gasteiger partial charge in [0.25, 0.3) is 5.91 Å². The molecule has 0 aliphatic carbocycles. The fourth-order valence-electron chi connectivity index (χ4n) is 3.32. The van der Waals surface area contributed by atoms with E-state index in [9.17, 15) is 14.4 Å². The quantitative estimate of drug-likeness (QED) is 0.410. The molecule has 3 N–H and O–H groups in total. The lowest BCUT2D eigenvalue weighted by atomic mass is 9.95. The Morgan fingerprint density at radius 3 is 2.00 bits per heavy atom. The lowest BCUT2D eigenvalue weighted by molar-refractivity contribution is -0.123. The Balaban J connectivity index is 1.55. The van der Waals surface area contributed by atoms with Crippen molar-refractivity contribution < 1.29 is 14.4 Å². The van der Waals surface area contributed by atoms with Crippen molar-refractivity contribution in [2.45, 2.75) is 27.7 Å². The number of rotatable bonds is 8. The molecule has 7 heteroatoms. The van der Waals surface area contributed by atoms with Crippen LogP contribution in [-0.4, -0.2) is 30.8 Å². The van der Waals surface area contributed by atoms with E-state index in [1.165, 1.54) is 0 Å². The van der Waals surface area contributed by atoms with Gasteiger partial charge in [-0.1, -0.05) is 45.0 Å². The number of para-hydroxylation sites is 1. The van der Waals surface area contributed by atoms with Crippen LogP contribution >= 0.6 is 0 Å². The molecule has 0 aromatic heterocycles. The van der Waals surface area contributed by atoms with Crippen LogP contribution in [0.15, 0.2) is 78.9 Å². The molecule has 35 heavy (non-hydrogen) atoms. The van der Waals surface area contributed by atoms with Gasteiger partial charge in [0.05, 0.1) is 6.54 Å². The molecule has 3 aromatic carbocycles. The number of hydrogen-bond acceptors (Lipinski definition) is 4. The number of carbonyl (C=O) groups is 3. The van der Waals surface area contributed by atoms with Gasteiger partial charge in [0.1, 0.15) is 0 Å². The fourth-order valence-corrected chi connectivity index (χ4v) is 3.32. The molecule has 3 amide bonds. The minimum Gasteiger partial charge on any atom is -0.376 e. The SMILES string of the molecule is CCN(C(=O)c1ccc(NCC(=O)Nc2cccc(NC(=O)C(C)(C)C)c2)cc1)c1ccccc1. The van der Waals surface area contributed by atoms with Gasteiger partial charge in [-0.2, -0.15) is 0 Å². The van der Waals surface area contributed by atoms with Crippen molar-refractivity contribution in [2.75, 3.05) is 33.9 Å². The lowest BCUT2D eigenvalue weighted by Crippen LogP contribution is -2.30. The molecule has 0 aliphatic rings. The Morgan fingerprint density at radius 2 is 1.40 bits per heavy atom. The molecule has 0 heterocycles. The van der Waals surface area contributed by atoms with Crippen molar-refractivity contribution in [3.05, 3.63) is 84.4 Å². The molecule has 0 saturated carbocycles. The Hall–Kier alpha value is -4.13. The molecule has 0 atom stereocenters. The zero-order valence-electron chi connectivity index (χ0n) is 20.6. The lowest BCUT2D eigenvalue weighted by Gasteiger charge is -2.21.